The van der Waals surface area contributed by atoms with Gasteiger partial charge in [0.25, 0.3) is 0 Å². The van der Waals surface area contributed by atoms with Gasteiger partial charge in [-0.05, 0) is 0 Å². The van der Waals surface area contributed by atoms with Gasteiger partial charge in [-0.15, -0.1) is 0 Å². The summed E-state index contributed by atoms with van der Waals surface area (Å²) < 4.78 is 24.5. The Hall–Kier alpha value is 0.242. The summed E-state index contributed by atoms with van der Waals surface area (Å²) in [5.41, 5.74) is 0. The molecule has 0 aliphatic rings. The van der Waals surface area contributed by atoms with Crippen LogP contribution >= 0.6 is 7.82 Å². The molecule has 0 aliphatic heterocycles. The minimum absolute atomic E-state index is 1.50. The second kappa shape index (κ2) is 5.38. The van der Waals surface area contributed by atoms with Crippen LogP contribution in [0, 0.1) is 0 Å². The second-order valence-corrected chi connectivity index (χ2v) is 1.86. The van der Waals surface area contributed by atoms with Gasteiger partial charge in [0, 0.05) is 0 Å². The molecule has 8 heteroatoms. The topological polar surface area (TPSA) is 115 Å². The van der Waals surface area contributed by atoms with E-state index in [0.717, 1.165) is 0 Å². The first-order valence-corrected chi connectivity index (χ1v) is 3.83. The van der Waals surface area contributed by atoms with Crippen LogP contribution in [0.3, 0.4) is 0 Å². The van der Waals surface area contributed by atoms with Crippen molar-refractivity contribution in [2.45, 2.75) is 0 Å². The van der Waals surface area contributed by atoms with E-state index in [1.807, 2.05) is 0 Å². The first-order chi connectivity index (χ1) is 3.41. The Morgan fingerprint density at radius 3 is 1.25 bits per heavy atom. The van der Waals surface area contributed by atoms with Crippen molar-refractivity contribution in [1.29, 1.82) is 0 Å². The SMILES string of the molecule is O=P(O)(O)O.[O]=[Al][OH]. The third-order valence-electron chi connectivity index (χ3n) is 0. The molecule has 0 aromatic heterocycles. The number of phosphoric acid groups is 1. The minimum atomic E-state index is -4.64. The summed E-state index contributed by atoms with van der Waals surface area (Å²) in [7, 11) is -4.64. The molecule has 48 valence electrons. The summed E-state index contributed by atoms with van der Waals surface area (Å²) in [6, 6.07) is 0. The molecule has 0 aromatic rings. The summed E-state index contributed by atoms with van der Waals surface area (Å²) in [5.74, 6) is 0. The Labute approximate surface area is 51.3 Å². The standard InChI is InChI=1S/Al.H3O4P.H2O.O/c;1-5(2,3)4;;/h;(H3,1,2,3,4);1H2;/q+1;;;/p-1. The molecule has 0 bridgehead atoms. The maximum absolute atomic E-state index is 8.88. The third kappa shape index (κ3) is 2920. The van der Waals surface area contributed by atoms with Crippen LogP contribution in [0.1, 0.15) is 0 Å². The molecule has 6 nitrogen and oxygen atoms in total. The van der Waals surface area contributed by atoms with E-state index >= 15 is 0 Å². The van der Waals surface area contributed by atoms with E-state index in [0.29, 0.717) is 0 Å². The zero-order chi connectivity index (χ0) is 7.21. The van der Waals surface area contributed by atoms with Crippen molar-refractivity contribution in [1.82, 2.24) is 0 Å². The molecule has 0 spiro atoms. The molecule has 8 heavy (non-hydrogen) atoms. The first kappa shape index (κ1) is 11.1. The molecule has 0 saturated heterocycles. The van der Waals surface area contributed by atoms with E-state index in [9.17, 15) is 0 Å². The van der Waals surface area contributed by atoms with Crippen LogP contribution in [-0.2, 0) is 8.37 Å². The molecule has 0 rings (SSSR count). The van der Waals surface area contributed by atoms with Gasteiger partial charge in [0.05, 0.1) is 0 Å². The van der Waals surface area contributed by atoms with Gasteiger partial charge in [0.15, 0.2) is 0 Å². The van der Waals surface area contributed by atoms with E-state index in [1.165, 1.54) is 0 Å². The van der Waals surface area contributed by atoms with E-state index in [-0.39, 0.29) is 0 Å². The summed E-state index contributed by atoms with van der Waals surface area (Å²) in [6.07, 6.45) is 0. The average molecular weight is 158 g/mol. The molecular formula is H4AlO6P. The third-order valence-corrected chi connectivity index (χ3v) is 0. The molecule has 0 saturated carbocycles. The molecule has 0 fully saturated rings. The quantitative estimate of drug-likeness (QED) is 0.239. The molecule has 0 atom stereocenters. The fourth-order valence-corrected chi connectivity index (χ4v) is 0. The van der Waals surface area contributed by atoms with Crippen molar-refractivity contribution >= 4 is 23.3 Å². The van der Waals surface area contributed by atoms with Crippen molar-refractivity contribution in [3.63, 3.8) is 0 Å². The zero-order valence-corrected chi connectivity index (χ0v) is 5.68. The van der Waals surface area contributed by atoms with Gasteiger partial charge in [-0.2, -0.15) is 0 Å². The van der Waals surface area contributed by atoms with Crippen LogP contribution in [0.15, 0.2) is 0 Å². The summed E-state index contributed by atoms with van der Waals surface area (Å²) >= 11 is -1.50. The fourth-order valence-electron chi connectivity index (χ4n) is 0. The maximum atomic E-state index is 8.88. The fraction of sp³-hybridized carbons (Fsp3) is 0. The zero-order valence-electron chi connectivity index (χ0n) is 3.63. The Morgan fingerprint density at radius 2 is 1.25 bits per heavy atom. The summed E-state index contributed by atoms with van der Waals surface area (Å²) in [5, 5.41) is 0. The number of rotatable bonds is 0. The van der Waals surface area contributed by atoms with E-state index < -0.39 is 23.3 Å². The molecule has 0 amide bonds. The second-order valence-electron chi connectivity index (χ2n) is 0.619. The van der Waals surface area contributed by atoms with Gasteiger partial charge >= 0.3 is 31.3 Å². The Kier molecular flexibility index (Phi) is 7.46. The van der Waals surface area contributed by atoms with Crippen molar-refractivity contribution in [2.24, 2.45) is 0 Å². The van der Waals surface area contributed by atoms with Gasteiger partial charge in [-0.1, -0.05) is 0 Å². The van der Waals surface area contributed by atoms with Crippen LogP contribution < -0.4 is 0 Å². The van der Waals surface area contributed by atoms with Crippen LogP contribution in [0.4, 0.5) is 0 Å². The van der Waals surface area contributed by atoms with Crippen molar-refractivity contribution in [3.05, 3.63) is 0 Å². The Morgan fingerprint density at radius 1 is 1.25 bits per heavy atom. The summed E-state index contributed by atoms with van der Waals surface area (Å²) in [6.45, 7) is 0. The predicted octanol–water partition coefficient (Wildman–Crippen LogP) is -1.99. The van der Waals surface area contributed by atoms with Crippen molar-refractivity contribution in [3.8, 4) is 0 Å². The molecule has 0 heterocycles. The first-order valence-electron chi connectivity index (χ1n) is 1.28. The van der Waals surface area contributed by atoms with Crippen molar-refractivity contribution < 1.29 is 27.2 Å². The number of hydrogen-bond acceptors (Lipinski definition) is 2. The monoisotopic (exact) mass is 158 g/mol. The normalized spacial score (nSPS) is 8.38. The van der Waals surface area contributed by atoms with Crippen LogP contribution in [0.2, 0.25) is 0 Å². The van der Waals surface area contributed by atoms with Crippen molar-refractivity contribution in [2.75, 3.05) is 0 Å². The van der Waals surface area contributed by atoms with Crippen LogP contribution in [0.5, 0.6) is 0 Å². The predicted molar refractivity (Wildman–Crippen MR) is 22.9 cm³/mol. The molecule has 0 aliphatic carbocycles. The summed E-state index contributed by atoms with van der Waals surface area (Å²) in [4.78, 5) is 21.6. The Bertz CT molecular complexity index is 82.4. The molecular weight excluding hydrogens is 154 g/mol. The van der Waals surface area contributed by atoms with Gasteiger partial charge in [0.2, 0.25) is 0 Å². The van der Waals surface area contributed by atoms with Gasteiger partial charge in [-0.3, -0.25) is 0 Å². The Balaban J connectivity index is 0. The van der Waals surface area contributed by atoms with Gasteiger partial charge in [-0.25, -0.2) is 4.57 Å². The molecule has 0 radical (unpaired) electrons. The van der Waals surface area contributed by atoms with Gasteiger partial charge in [0.1, 0.15) is 0 Å². The van der Waals surface area contributed by atoms with E-state index in [4.69, 9.17) is 27.2 Å². The van der Waals surface area contributed by atoms with Crippen LogP contribution in [0.25, 0.3) is 0 Å². The number of hydrogen-bond donors (Lipinski definition) is 4. The van der Waals surface area contributed by atoms with E-state index in [1.54, 1.807) is 0 Å². The van der Waals surface area contributed by atoms with Gasteiger partial charge < -0.3 is 14.7 Å². The van der Waals surface area contributed by atoms with Crippen LogP contribution in [-0.4, -0.2) is 34.3 Å². The molecule has 0 unspecified atom stereocenters. The average Bonchev–Trinajstić information content (AvgIpc) is 1.27. The van der Waals surface area contributed by atoms with E-state index in [2.05, 4.69) is 0 Å². The molecule has 0 aromatic carbocycles. The molecule has 4 N–H and O–H groups in total.